The molecule has 0 spiro atoms. The van der Waals surface area contributed by atoms with Crippen molar-refractivity contribution in [2.24, 2.45) is 5.92 Å². The molecule has 0 fully saturated rings. The van der Waals surface area contributed by atoms with E-state index in [0.29, 0.717) is 11.6 Å². The molecule has 0 aliphatic carbocycles. The van der Waals surface area contributed by atoms with E-state index < -0.39 is 11.7 Å². The molecule has 2 aromatic rings. The summed E-state index contributed by atoms with van der Waals surface area (Å²) in [7, 11) is 0. The molecule has 23 heavy (non-hydrogen) atoms. The number of nitrogens with one attached hydrogen (secondary N) is 1. The molecule has 2 nitrogen and oxygen atoms in total. The van der Waals surface area contributed by atoms with Crippen LogP contribution in [-0.2, 0) is 12.6 Å². The summed E-state index contributed by atoms with van der Waals surface area (Å²) in [5, 5.41) is 3.23. The molecule has 1 heterocycles. The zero-order valence-corrected chi connectivity index (χ0v) is 13.1. The Labute approximate surface area is 134 Å². The van der Waals surface area contributed by atoms with Crippen LogP contribution in [0, 0.1) is 5.92 Å². The fraction of sp³-hybridized carbons (Fsp3) is 0.389. The van der Waals surface area contributed by atoms with E-state index in [-0.39, 0.29) is 0 Å². The fourth-order valence-corrected chi connectivity index (χ4v) is 2.54. The van der Waals surface area contributed by atoms with Crippen molar-refractivity contribution in [3.8, 4) is 0 Å². The molecule has 0 saturated heterocycles. The van der Waals surface area contributed by atoms with Crippen molar-refractivity contribution in [3.05, 3.63) is 59.9 Å². The van der Waals surface area contributed by atoms with E-state index in [1.807, 2.05) is 18.2 Å². The SMILES string of the molecule is CCC[C@@H](CNc1ccc(C(F)(F)F)cc1)Cc1ccccn1. The van der Waals surface area contributed by atoms with Gasteiger partial charge in [-0.25, -0.2) is 0 Å². The third-order valence-corrected chi connectivity index (χ3v) is 3.73. The highest BCUT2D eigenvalue weighted by atomic mass is 19.4. The van der Waals surface area contributed by atoms with Gasteiger partial charge in [-0.1, -0.05) is 19.4 Å². The molecular formula is C18H21F3N2. The van der Waals surface area contributed by atoms with Crippen LogP contribution in [0.25, 0.3) is 0 Å². The number of nitrogens with zero attached hydrogens (tertiary/aromatic N) is 1. The zero-order chi connectivity index (χ0) is 16.7. The molecule has 2 rings (SSSR count). The van der Waals surface area contributed by atoms with E-state index in [0.717, 1.165) is 43.6 Å². The van der Waals surface area contributed by atoms with Crippen LogP contribution >= 0.6 is 0 Å². The maximum Gasteiger partial charge on any atom is 0.416 e. The van der Waals surface area contributed by atoms with Crippen molar-refractivity contribution < 1.29 is 13.2 Å². The van der Waals surface area contributed by atoms with Gasteiger partial charge in [0.2, 0.25) is 0 Å². The molecule has 1 aromatic heterocycles. The standard InChI is InChI=1S/C18H21F3N2/c1-2-5-14(12-17-6-3-4-11-22-17)13-23-16-9-7-15(8-10-16)18(19,20)21/h3-4,6-11,14,23H,2,5,12-13H2,1H3/t14-/m1/s1. The highest BCUT2D eigenvalue weighted by Gasteiger charge is 2.29. The first-order chi connectivity index (χ1) is 11.0. The van der Waals surface area contributed by atoms with Gasteiger partial charge in [-0.3, -0.25) is 4.98 Å². The highest BCUT2D eigenvalue weighted by molar-refractivity contribution is 5.45. The summed E-state index contributed by atoms with van der Waals surface area (Å²) in [6, 6.07) is 11.0. The number of rotatable bonds is 7. The van der Waals surface area contributed by atoms with E-state index in [9.17, 15) is 13.2 Å². The number of aromatic nitrogens is 1. The Morgan fingerprint density at radius 2 is 1.83 bits per heavy atom. The lowest BCUT2D eigenvalue weighted by Gasteiger charge is -2.17. The second-order valence-electron chi connectivity index (χ2n) is 5.64. The van der Waals surface area contributed by atoms with Gasteiger partial charge in [-0.2, -0.15) is 13.2 Å². The lowest BCUT2D eigenvalue weighted by atomic mass is 9.97. The van der Waals surface area contributed by atoms with Crippen LogP contribution in [0.1, 0.15) is 31.0 Å². The topological polar surface area (TPSA) is 24.9 Å². The largest absolute Gasteiger partial charge is 0.416 e. The van der Waals surface area contributed by atoms with Crippen LogP contribution < -0.4 is 5.32 Å². The fourth-order valence-electron chi connectivity index (χ4n) is 2.54. The summed E-state index contributed by atoms with van der Waals surface area (Å²) in [6.45, 7) is 2.85. The molecule has 0 saturated carbocycles. The van der Waals surface area contributed by atoms with Crippen LogP contribution in [0.3, 0.4) is 0 Å². The first-order valence-electron chi connectivity index (χ1n) is 7.80. The normalized spacial score (nSPS) is 12.9. The van der Waals surface area contributed by atoms with Gasteiger partial charge in [0.25, 0.3) is 0 Å². The van der Waals surface area contributed by atoms with E-state index in [1.54, 1.807) is 6.20 Å². The quantitative estimate of drug-likeness (QED) is 0.760. The molecule has 0 amide bonds. The summed E-state index contributed by atoms with van der Waals surface area (Å²) >= 11 is 0. The third-order valence-electron chi connectivity index (χ3n) is 3.73. The zero-order valence-electron chi connectivity index (χ0n) is 13.1. The number of hydrogen-bond donors (Lipinski definition) is 1. The van der Waals surface area contributed by atoms with Gasteiger partial charge >= 0.3 is 6.18 Å². The summed E-state index contributed by atoms with van der Waals surface area (Å²) in [4.78, 5) is 4.34. The Kier molecular flexibility index (Phi) is 6.02. The van der Waals surface area contributed by atoms with Gasteiger partial charge in [0.05, 0.1) is 5.56 Å². The van der Waals surface area contributed by atoms with Crippen LogP contribution in [0.5, 0.6) is 0 Å². The number of pyridine rings is 1. The van der Waals surface area contributed by atoms with E-state index in [2.05, 4.69) is 17.2 Å². The molecule has 0 radical (unpaired) electrons. The molecule has 0 aliphatic heterocycles. The number of hydrogen-bond acceptors (Lipinski definition) is 2. The molecule has 0 unspecified atom stereocenters. The van der Waals surface area contributed by atoms with Crippen LogP contribution in [-0.4, -0.2) is 11.5 Å². The highest BCUT2D eigenvalue weighted by Crippen LogP contribution is 2.29. The van der Waals surface area contributed by atoms with Crippen molar-refractivity contribution in [2.75, 3.05) is 11.9 Å². The minimum atomic E-state index is -4.29. The second-order valence-corrected chi connectivity index (χ2v) is 5.64. The van der Waals surface area contributed by atoms with Crippen molar-refractivity contribution in [1.82, 2.24) is 4.98 Å². The lowest BCUT2D eigenvalue weighted by molar-refractivity contribution is -0.137. The molecule has 1 aromatic carbocycles. The Morgan fingerprint density at radius 1 is 1.09 bits per heavy atom. The average molecular weight is 322 g/mol. The smallest absolute Gasteiger partial charge is 0.385 e. The second kappa shape index (κ2) is 7.99. The monoisotopic (exact) mass is 322 g/mol. The van der Waals surface area contributed by atoms with Crippen molar-refractivity contribution in [3.63, 3.8) is 0 Å². The van der Waals surface area contributed by atoms with Crippen molar-refractivity contribution in [2.45, 2.75) is 32.4 Å². The van der Waals surface area contributed by atoms with Crippen molar-refractivity contribution >= 4 is 5.69 Å². The molecule has 1 atom stereocenters. The Bertz CT molecular complexity index is 579. The van der Waals surface area contributed by atoms with Gasteiger partial charge in [-0.05, 0) is 55.2 Å². The predicted octanol–water partition coefficient (Wildman–Crippen LogP) is 5.17. The molecule has 0 bridgehead atoms. The molecular weight excluding hydrogens is 301 g/mol. The van der Waals surface area contributed by atoms with Gasteiger partial charge in [0.15, 0.2) is 0 Å². The van der Waals surface area contributed by atoms with Gasteiger partial charge in [0, 0.05) is 24.1 Å². The average Bonchev–Trinajstić information content (AvgIpc) is 2.53. The minimum absolute atomic E-state index is 0.400. The first-order valence-corrected chi connectivity index (χ1v) is 7.80. The summed E-state index contributed by atoms with van der Waals surface area (Å²) in [5.74, 6) is 0.400. The van der Waals surface area contributed by atoms with Crippen LogP contribution in [0.2, 0.25) is 0 Å². The minimum Gasteiger partial charge on any atom is -0.385 e. The lowest BCUT2D eigenvalue weighted by Crippen LogP contribution is -2.17. The molecule has 124 valence electrons. The number of benzene rings is 1. The predicted molar refractivity (Wildman–Crippen MR) is 86.3 cm³/mol. The third kappa shape index (κ3) is 5.58. The first kappa shape index (κ1) is 17.3. The molecule has 1 N–H and O–H groups in total. The molecule has 0 aliphatic rings. The van der Waals surface area contributed by atoms with Crippen LogP contribution in [0.15, 0.2) is 48.7 Å². The number of alkyl halides is 3. The maximum absolute atomic E-state index is 12.5. The van der Waals surface area contributed by atoms with Crippen LogP contribution in [0.4, 0.5) is 18.9 Å². The Morgan fingerprint density at radius 3 is 2.39 bits per heavy atom. The van der Waals surface area contributed by atoms with E-state index >= 15 is 0 Å². The summed E-state index contributed by atoms with van der Waals surface area (Å²) < 4.78 is 37.6. The molecule has 5 heteroatoms. The van der Waals surface area contributed by atoms with Gasteiger partial charge < -0.3 is 5.32 Å². The Balaban J connectivity index is 1.93. The maximum atomic E-state index is 12.5. The number of anilines is 1. The Hall–Kier alpha value is -2.04. The summed E-state index contributed by atoms with van der Waals surface area (Å²) in [6.07, 6.45) is 0.461. The van der Waals surface area contributed by atoms with Gasteiger partial charge in [-0.15, -0.1) is 0 Å². The van der Waals surface area contributed by atoms with E-state index in [1.165, 1.54) is 12.1 Å². The van der Waals surface area contributed by atoms with Crippen molar-refractivity contribution in [1.29, 1.82) is 0 Å². The number of halogens is 3. The van der Waals surface area contributed by atoms with Gasteiger partial charge in [0.1, 0.15) is 0 Å². The summed E-state index contributed by atoms with van der Waals surface area (Å²) in [5.41, 5.74) is 1.13. The van der Waals surface area contributed by atoms with E-state index in [4.69, 9.17) is 0 Å².